The molecule has 0 aliphatic rings. The number of rotatable bonds is 5. The summed E-state index contributed by atoms with van der Waals surface area (Å²) in [4.78, 5) is 23.8. The van der Waals surface area contributed by atoms with Crippen molar-refractivity contribution >= 4 is 40.8 Å². The summed E-state index contributed by atoms with van der Waals surface area (Å²) in [5, 5.41) is 13.7. The number of aromatic hydroxyl groups is 1. The van der Waals surface area contributed by atoms with Crippen molar-refractivity contribution in [3.63, 3.8) is 0 Å². The van der Waals surface area contributed by atoms with Gasteiger partial charge in [0.2, 0.25) is 0 Å². The van der Waals surface area contributed by atoms with Crippen molar-refractivity contribution in [1.82, 2.24) is 0 Å². The normalized spacial score (nSPS) is 11.1. The summed E-state index contributed by atoms with van der Waals surface area (Å²) >= 11 is 11.9. The minimum Gasteiger partial charge on any atom is -0.506 e. The van der Waals surface area contributed by atoms with Gasteiger partial charge in [-0.3, -0.25) is 4.79 Å². The average Bonchev–Trinajstić information content (AvgIpc) is 2.55. The molecule has 2 aromatic carbocycles. The van der Waals surface area contributed by atoms with Crippen LogP contribution in [0.15, 0.2) is 30.3 Å². The Bertz CT molecular complexity index is 906. The SMILES string of the molecule is CC(=O)Oc1ccc(NCc2cc(Cl)cc(Cl)c2O)cc1C(=O)OC(C)(C)C. The van der Waals surface area contributed by atoms with Crippen molar-refractivity contribution in [3.05, 3.63) is 51.5 Å². The van der Waals surface area contributed by atoms with Crippen molar-refractivity contribution in [2.24, 2.45) is 0 Å². The zero-order chi connectivity index (χ0) is 21.1. The first-order chi connectivity index (χ1) is 13.0. The highest BCUT2D eigenvalue weighted by Crippen LogP contribution is 2.32. The van der Waals surface area contributed by atoms with Crippen LogP contribution in [0.2, 0.25) is 10.0 Å². The van der Waals surface area contributed by atoms with Gasteiger partial charge in [0, 0.05) is 29.7 Å². The second kappa shape index (κ2) is 8.71. The van der Waals surface area contributed by atoms with E-state index in [-0.39, 0.29) is 28.6 Å². The molecule has 2 aromatic rings. The highest BCUT2D eigenvalue weighted by molar-refractivity contribution is 6.35. The summed E-state index contributed by atoms with van der Waals surface area (Å²) in [5.41, 5.74) is 0.424. The van der Waals surface area contributed by atoms with Gasteiger partial charge >= 0.3 is 11.9 Å². The lowest BCUT2D eigenvalue weighted by molar-refractivity contribution is -0.131. The van der Waals surface area contributed by atoms with Crippen LogP contribution in [0.1, 0.15) is 43.6 Å². The van der Waals surface area contributed by atoms with E-state index in [0.717, 1.165) is 0 Å². The molecule has 8 heteroatoms. The molecule has 0 atom stereocenters. The molecule has 0 unspecified atom stereocenters. The van der Waals surface area contributed by atoms with E-state index in [4.69, 9.17) is 32.7 Å². The van der Waals surface area contributed by atoms with Crippen LogP contribution < -0.4 is 10.1 Å². The monoisotopic (exact) mass is 425 g/mol. The molecule has 0 fully saturated rings. The lowest BCUT2D eigenvalue weighted by Gasteiger charge is -2.20. The number of nitrogens with one attached hydrogen (secondary N) is 1. The van der Waals surface area contributed by atoms with Gasteiger partial charge in [-0.15, -0.1) is 0 Å². The number of hydrogen-bond donors (Lipinski definition) is 2. The molecule has 0 heterocycles. The van der Waals surface area contributed by atoms with Gasteiger partial charge in [-0.2, -0.15) is 0 Å². The predicted molar refractivity (Wildman–Crippen MR) is 108 cm³/mol. The van der Waals surface area contributed by atoms with Gasteiger partial charge in [0.05, 0.1) is 5.02 Å². The summed E-state index contributed by atoms with van der Waals surface area (Å²) in [5.74, 6) is -1.16. The molecule has 0 aliphatic carbocycles. The number of carbonyl (C=O) groups is 2. The highest BCUT2D eigenvalue weighted by Gasteiger charge is 2.22. The van der Waals surface area contributed by atoms with Crippen LogP contribution in [0.5, 0.6) is 11.5 Å². The van der Waals surface area contributed by atoms with Crippen LogP contribution in [0.4, 0.5) is 5.69 Å². The van der Waals surface area contributed by atoms with Gasteiger partial charge in [0.15, 0.2) is 0 Å². The van der Waals surface area contributed by atoms with Crippen molar-refractivity contribution in [1.29, 1.82) is 0 Å². The maximum absolute atomic E-state index is 12.5. The average molecular weight is 426 g/mol. The van der Waals surface area contributed by atoms with Gasteiger partial charge in [-0.25, -0.2) is 4.79 Å². The number of halogens is 2. The first-order valence-corrected chi connectivity index (χ1v) is 9.18. The third-order valence-corrected chi connectivity index (χ3v) is 3.95. The number of hydrogen-bond acceptors (Lipinski definition) is 6. The Hall–Kier alpha value is -2.44. The van der Waals surface area contributed by atoms with Crippen molar-refractivity contribution in [2.45, 2.75) is 39.8 Å². The summed E-state index contributed by atoms with van der Waals surface area (Å²) < 4.78 is 10.5. The molecule has 0 amide bonds. The fourth-order valence-electron chi connectivity index (χ4n) is 2.33. The van der Waals surface area contributed by atoms with E-state index in [0.29, 0.717) is 16.3 Å². The van der Waals surface area contributed by atoms with Gasteiger partial charge in [-0.1, -0.05) is 23.2 Å². The maximum atomic E-state index is 12.5. The molecular weight excluding hydrogens is 405 g/mol. The molecule has 2 rings (SSSR count). The quantitative estimate of drug-likeness (QED) is 0.506. The van der Waals surface area contributed by atoms with Crippen LogP contribution in [-0.2, 0) is 16.1 Å². The van der Waals surface area contributed by atoms with Crippen molar-refractivity contribution < 1.29 is 24.2 Å². The molecule has 150 valence electrons. The van der Waals surface area contributed by atoms with E-state index in [2.05, 4.69) is 5.32 Å². The maximum Gasteiger partial charge on any atom is 0.342 e. The lowest BCUT2D eigenvalue weighted by atomic mass is 10.1. The van der Waals surface area contributed by atoms with E-state index in [1.165, 1.54) is 25.1 Å². The Morgan fingerprint density at radius 1 is 1.14 bits per heavy atom. The largest absolute Gasteiger partial charge is 0.506 e. The van der Waals surface area contributed by atoms with E-state index >= 15 is 0 Å². The number of anilines is 1. The summed E-state index contributed by atoms with van der Waals surface area (Å²) in [6.07, 6.45) is 0. The number of esters is 2. The standard InChI is InChI=1S/C20H21Cl2NO5/c1-11(24)27-17-6-5-14(9-15(17)19(26)28-20(2,3)4)23-10-12-7-13(21)8-16(22)18(12)25/h5-9,23,25H,10H2,1-4H3. The molecule has 6 nitrogen and oxygen atoms in total. The smallest absolute Gasteiger partial charge is 0.342 e. The second-order valence-electron chi connectivity index (χ2n) is 7.06. The van der Waals surface area contributed by atoms with Crippen molar-refractivity contribution in [2.75, 3.05) is 5.32 Å². The van der Waals surface area contributed by atoms with Crippen LogP contribution in [0.25, 0.3) is 0 Å². The number of phenols is 1. The number of carbonyl (C=O) groups excluding carboxylic acids is 2. The Kier molecular flexibility index (Phi) is 6.80. The van der Waals surface area contributed by atoms with Crippen LogP contribution in [-0.4, -0.2) is 22.6 Å². The molecule has 2 N–H and O–H groups in total. The third kappa shape index (κ3) is 6.04. The van der Waals surface area contributed by atoms with Crippen LogP contribution >= 0.6 is 23.2 Å². The molecule has 0 aliphatic heterocycles. The fraction of sp³-hybridized carbons (Fsp3) is 0.300. The number of phenolic OH excluding ortho intramolecular Hbond substituents is 1. The van der Waals surface area contributed by atoms with Crippen LogP contribution in [0.3, 0.4) is 0 Å². The van der Waals surface area contributed by atoms with E-state index < -0.39 is 17.5 Å². The van der Waals surface area contributed by atoms with Gasteiger partial charge < -0.3 is 19.9 Å². The second-order valence-corrected chi connectivity index (χ2v) is 7.90. The zero-order valence-corrected chi connectivity index (χ0v) is 17.4. The van der Waals surface area contributed by atoms with Crippen molar-refractivity contribution in [3.8, 4) is 11.5 Å². The summed E-state index contributed by atoms with van der Waals surface area (Å²) in [6, 6.07) is 7.66. The minimum absolute atomic E-state index is 0.0811. The minimum atomic E-state index is -0.711. The third-order valence-electron chi connectivity index (χ3n) is 3.44. The Labute approximate surface area is 173 Å². The Balaban J connectivity index is 2.29. The Morgan fingerprint density at radius 2 is 1.82 bits per heavy atom. The lowest BCUT2D eigenvalue weighted by Crippen LogP contribution is -2.24. The first-order valence-electron chi connectivity index (χ1n) is 8.43. The molecule has 0 aromatic heterocycles. The molecule has 0 spiro atoms. The van der Waals surface area contributed by atoms with E-state index in [1.54, 1.807) is 32.9 Å². The molecule has 0 saturated heterocycles. The predicted octanol–water partition coefficient (Wildman–Crippen LogP) is 5.19. The van der Waals surface area contributed by atoms with Gasteiger partial charge in [0.25, 0.3) is 0 Å². The highest BCUT2D eigenvalue weighted by atomic mass is 35.5. The topological polar surface area (TPSA) is 84.9 Å². The fourth-order valence-corrected chi connectivity index (χ4v) is 2.86. The van der Waals surface area contributed by atoms with E-state index in [9.17, 15) is 14.7 Å². The summed E-state index contributed by atoms with van der Waals surface area (Å²) in [6.45, 7) is 6.67. The molecule has 0 saturated carbocycles. The molecular formula is C20H21Cl2NO5. The Morgan fingerprint density at radius 3 is 2.43 bits per heavy atom. The molecule has 28 heavy (non-hydrogen) atoms. The first kappa shape index (κ1) is 21.9. The molecule has 0 bridgehead atoms. The number of benzene rings is 2. The van der Waals surface area contributed by atoms with Crippen LogP contribution in [0, 0.1) is 0 Å². The number of ether oxygens (including phenoxy) is 2. The zero-order valence-electron chi connectivity index (χ0n) is 15.9. The summed E-state index contributed by atoms with van der Waals surface area (Å²) in [7, 11) is 0. The van der Waals surface area contributed by atoms with Gasteiger partial charge in [-0.05, 0) is 51.1 Å². The van der Waals surface area contributed by atoms with Gasteiger partial charge in [0.1, 0.15) is 22.7 Å². The van der Waals surface area contributed by atoms with E-state index in [1.807, 2.05) is 0 Å². The molecule has 0 radical (unpaired) electrons.